The lowest BCUT2D eigenvalue weighted by Crippen LogP contribution is -2.03. The Hall–Kier alpha value is -3.25. The summed E-state index contributed by atoms with van der Waals surface area (Å²) in [5.41, 5.74) is 5.42. The summed E-state index contributed by atoms with van der Waals surface area (Å²) in [6, 6.07) is 18.5. The van der Waals surface area contributed by atoms with Crippen molar-refractivity contribution >= 4 is 27.2 Å². The van der Waals surface area contributed by atoms with Crippen LogP contribution in [0.2, 0.25) is 0 Å². The highest BCUT2D eigenvalue weighted by molar-refractivity contribution is 7.21. The molecule has 5 nitrogen and oxygen atoms in total. The van der Waals surface area contributed by atoms with Gasteiger partial charge >= 0.3 is 0 Å². The fourth-order valence-electron chi connectivity index (χ4n) is 3.31. The van der Waals surface area contributed by atoms with Gasteiger partial charge in [-0.15, -0.1) is 11.3 Å². The first-order valence-corrected chi connectivity index (χ1v) is 10.4. The zero-order valence-electron chi connectivity index (χ0n) is 17.5. The molecule has 6 heteroatoms. The van der Waals surface area contributed by atoms with Gasteiger partial charge in [-0.3, -0.25) is 0 Å². The molecule has 1 aromatic heterocycles. The predicted octanol–water partition coefficient (Wildman–Crippen LogP) is 5.91. The SMILES string of the molecule is COc1cc(OC)c(OC)cc1CNc1ccc(-c2nc3ccc(C)cc3s2)cc1. The number of rotatable bonds is 7. The van der Waals surface area contributed by atoms with Crippen LogP contribution in [0.4, 0.5) is 5.69 Å². The Labute approximate surface area is 180 Å². The van der Waals surface area contributed by atoms with Crippen LogP contribution in [-0.4, -0.2) is 26.3 Å². The van der Waals surface area contributed by atoms with Crippen LogP contribution < -0.4 is 19.5 Å². The maximum Gasteiger partial charge on any atom is 0.164 e. The fraction of sp³-hybridized carbons (Fsp3) is 0.208. The van der Waals surface area contributed by atoms with Crippen LogP contribution in [0.3, 0.4) is 0 Å². The molecule has 4 rings (SSSR count). The third kappa shape index (κ3) is 4.04. The first-order chi connectivity index (χ1) is 14.6. The minimum atomic E-state index is 0.600. The topological polar surface area (TPSA) is 52.6 Å². The number of fused-ring (bicyclic) bond motifs is 1. The molecule has 1 N–H and O–H groups in total. The first kappa shape index (κ1) is 20.0. The highest BCUT2D eigenvalue weighted by Gasteiger charge is 2.12. The monoisotopic (exact) mass is 420 g/mol. The summed E-state index contributed by atoms with van der Waals surface area (Å²) in [5.74, 6) is 2.08. The number of aromatic nitrogens is 1. The van der Waals surface area contributed by atoms with Gasteiger partial charge < -0.3 is 19.5 Å². The number of anilines is 1. The lowest BCUT2D eigenvalue weighted by molar-refractivity contribution is 0.347. The lowest BCUT2D eigenvalue weighted by Gasteiger charge is -2.15. The molecule has 0 fully saturated rings. The Morgan fingerprint density at radius 3 is 2.23 bits per heavy atom. The third-order valence-corrected chi connectivity index (χ3v) is 6.01. The number of nitrogens with zero attached hydrogens (tertiary/aromatic N) is 1. The van der Waals surface area contributed by atoms with Crippen LogP contribution >= 0.6 is 11.3 Å². The molecular weight excluding hydrogens is 396 g/mol. The van der Waals surface area contributed by atoms with Crippen molar-refractivity contribution < 1.29 is 14.2 Å². The van der Waals surface area contributed by atoms with E-state index in [0.717, 1.165) is 33.1 Å². The molecule has 4 aromatic rings. The summed E-state index contributed by atoms with van der Waals surface area (Å²) in [5, 5.41) is 4.48. The zero-order valence-corrected chi connectivity index (χ0v) is 18.3. The highest BCUT2D eigenvalue weighted by Crippen LogP contribution is 2.35. The van der Waals surface area contributed by atoms with Gasteiger partial charge in [0.1, 0.15) is 10.8 Å². The van der Waals surface area contributed by atoms with E-state index >= 15 is 0 Å². The van der Waals surface area contributed by atoms with E-state index < -0.39 is 0 Å². The summed E-state index contributed by atoms with van der Waals surface area (Å²) >= 11 is 1.72. The van der Waals surface area contributed by atoms with Gasteiger partial charge in [0, 0.05) is 29.4 Å². The van der Waals surface area contributed by atoms with E-state index in [1.807, 2.05) is 12.1 Å². The van der Waals surface area contributed by atoms with Crippen molar-refractivity contribution in [2.75, 3.05) is 26.6 Å². The number of benzene rings is 3. The quantitative estimate of drug-likeness (QED) is 0.403. The fourth-order valence-corrected chi connectivity index (χ4v) is 4.38. The van der Waals surface area contributed by atoms with Crippen LogP contribution in [0, 0.1) is 6.92 Å². The van der Waals surface area contributed by atoms with E-state index in [2.05, 4.69) is 54.7 Å². The number of thiazole rings is 1. The van der Waals surface area contributed by atoms with Crippen LogP contribution in [0.25, 0.3) is 20.8 Å². The van der Waals surface area contributed by atoms with Gasteiger partial charge in [0.25, 0.3) is 0 Å². The molecule has 3 aromatic carbocycles. The molecule has 30 heavy (non-hydrogen) atoms. The van der Waals surface area contributed by atoms with Crippen molar-refractivity contribution in [3.05, 3.63) is 65.7 Å². The molecule has 0 atom stereocenters. The molecule has 0 radical (unpaired) electrons. The van der Waals surface area contributed by atoms with Crippen molar-refractivity contribution in [2.24, 2.45) is 0 Å². The van der Waals surface area contributed by atoms with E-state index in [1.165, 1.54) is 10.3 Å². The Balaban J connectivity index is 1.51. The number of aryl methyl sites for hydroxylation is 1. The van der Waals surface area contributed by atoms with Crippen LogP contribution in [-0.2, 0) is 6.54 Å². The number of ether oxygens (including phenoxy) is 3. The normalized spacial score (nSPS) is 10.8. The molecule has 0 saturated heterocycles. The summed E-state index contributed by atoms with van der Waals surface area (Å²) < 4.78 is 17.5. The molecule has 0 aliphatic carbocycles. The smallest absolute Gasteiger partial charge is 0.164 e. The van der Waals surface area contributed by atoms with Crippen LogP contribution in [0.5, 0.6) is 17.2 Å². The van der Waals surface area contributed by atoms with E-state index in [4.69, 9.17) is 19.2 Å². The number of methoxy groups -OCH3 is 3. The van der Waals surface area contributed by atoms with Crippen molar-refractivity contribution in [1.82, 2.24) is 4.98 Å². The maximum absolute atomic E-state index is 5.51. The van der Waals surface area contributed by atoms with Crippen LogP contribution in [0.1, 0.15) is 11.1 Å². The van der Waals surface area contributed by atoms with Gasteiger partial charge in [-0.05, 0) is 55.0 Å². The molecule has 0 amide bonds. The van der Waals surface area contributed by atoms with Crippen molar-refractivity contribution in [1.29, 1.82) is 0 Å². The van der Waals surface area contributed by atoms with E-state index in [1.54, 1.807) is 32.7 Å². The molecule has 154 valence electrons. The molecule has 0 bridgehead atoms. The van der Waals surface area contributed by atoms with Crippen LogP contribution in [0.15, 0.2) is 54.6 Å². The van der Waals surface area contributed by atoms with E-state index in [9.17, 15) is 0 Å². The zero-order chi connectivity index (χ0) is 21.1. The van der Waals surface area contributed by atoms with Gasteiger partial charge in [0.05, 0.1) is 31.5 Å². The van der Waals surface area contributed by atoms with Gasteiger partial charge in [0.2, 0.25) is 0 Å². The summed E-state index contributed by atoms with van der Waals surface area (Å²) in [7, 11) is 4.89. The second-order valence-corrected chi connectivity index (χ2v) is 7.97. The Kier molecular flexibility index (Phi) is 5.77. The Morgan fingerprint density at radius 1 is 0.833 bits per heavy atom. The maximum atomic E-state index is 5.51. The predicted molar refractivity (Wildman–Crippen MR) is 123 cm³/mol. The highest BCUT2D eigenvalue weighted by atomic mass is 32.1. The Morgan fingerprint density at radius 2 is 1.53 bits per heavy atom. The summed E-state index contributed by atoms with van der Waals surface area (Å²) in [6.45, 7) is 2.70. The third-order valence-electron chi connectivity index (χ3n) is 4.95. The second-order valence-electron chi connectivity index (χ2n) is 6.94. The molecule has 1 heterocycles. The van der Waals surface area contributed by atoms with Gasteiger partial charge in [-0.25, -0.2) is 4.98 Å². The van der Waals surface area contributed by atoms with Crippen molar-refractivity contribution in [3.8, 4) is 27.8 Å². The van der Waals surface area contributed by atoms with Gasteiger partial charge in [-0.1, -0.05) is 6.07 Å². The second kappa shape index (κ2) is 8.63. The molecule has 0 spiro atoms. The standard InChI is InChI=1S/C24H24N2O3S/c1-15-5-10-19-23(11-15)30-24(26-19)16-6-8-18(9-7-16)25-14-17-12-21(28-3)22(29-4)13-20(17)27-2/h5-13,25H,14H2,1-4H3. The van der Waals surface area contributed by atoms with Crippen molar-refractivity contribution in [2.45, 2.75) is 13.5 Å². The average Bonchev–Trinajstić information content (AvgIpc) is 3.20. The summed E-state index contributed by atoms with van der Waals surface area (Å²) in [6.07, 6.45) is 0. The summed E-state index contributed by atoms with van der Waals surface area (Å²) in [4.78, 5) is 4.76. The first-order valence-electron chi connectivity index (χ1n) is 9.61. The number of hydrogen-bond donors (Lipinski definition) is 1. The minimum Gasteiger partial charge on any atom is -0.496 e. The minimum absolute atomic E-state index is 0.600. The lowest BCUT2D eigenvalue weighted by atomic mass is 10.1. The van der Waals surface area contributed by atoms with Gasteiger partial charge in [0.15, 0.2) is 11.5 Å². The number of hydrogen-bond acceptors (Lipinski definition) is 6. The Bertz CT molecular complexity index is 1170. The largest absolute Gasteiger partial charge is 0.496 e. The number of nitrogens with one attached hydrogen (secondary N) is 1. The average molecular weight is 421 g/mol. The molecule has 0 saturated carbocycles. The van der Waals surface area contributed by atoms with Gasteiger partial charge in [-0.2, -0.15) is 0 Å². The molecular formula is C24H24N2O3S. The van der Waals surface area contributed by atoms with E-state index in [-0.39, 0.29) is 0 Å². The molecule has 0 aliphatic heterocycles. The molecule has 0 unspecified atom stereocenters. The van der Waals surface area contributed by atoms with Crippen molar-refractivity contribution in [3.63, 3.8) is 0 Å². The van der Waals surface area contributed by atoms with E-state index in [0.29, 0.717) is 18.0 Å². The molecule has 0 aliphatic rings.